The second-order valence-corrected chi connectivity index (χ2v) is 5.50. The second-order valence-electron chi connectivity index (χ2n) is 5.50. The molecule has 0 saturated heterocycles. The van der Waals surface area contributed by atoms with Crippen molar-refractivity contribution in [2.75, 3.05) is 17.6 Å². The van der Waals surface area contributed by atoms with E-state index in [-0.39, 0.29) is 5.95 Å². The molecule has 0 atom stereocenters. The summed E-state index contributed by atoms with van der Waals surface area (Å²) in [6.45, 7) is 3.35. The Kier molecular flexibility index (Phi) is 5.05. The van der Waals surface area contributed by atoms with Gasteiger partial charge in [0.05, 0.1) is 11.7 Å². The van der Waals surface area contributed by atoms with Crippen molar-refractivity contribution in [1.29, 1.82) is 0 Å². The van der Waals surface area contributed by atoms with Gasteiger partial charge in [-0.2, -0.15) is 4.98 Å². The SMILES string of the molecule is CCCCNc1nc(N)ncc1OCc1cccc2cccnc12. The quantitative estimate of drug-likeness (QED) is 0.648. The number of hydrogen-bond acceptors (Lipinski definition) is 6. The molecule has 6 heteroatoms. The van der Waals surface area contributed by atoms with Gasteiger partial charge in [0.2, 0.25) is 5.95 Å². The Morgan fingerprint density at radius 3 is 2.92 bits per heavy atom. The largest absolute Gasteiger partial charge is 0.483 e. The molecule has 1 aromatic carbocycles. The van der Waals surface area contributed by atoms with Crippen molar-refractivity contribution in [1.82, 2.24) is 15.0 Å². The summed E-state index contributed by atoms with van der Waals surface area (Å²) in [5.74, 6) is 1.45. The molecule has 3 N–H and O–H groups in total. The van der Waals surface area contributed by atoms with Crippen LogP contribution in [0.5, 0.6) is 5.75 Å². The van der Waals surface area contributed by atoms with Crippen molar-refractivity contribution < 1.29 is 4.74 Å². The van der Waals surface area contributed by atoms with Gasteiger partial charge in [0.1, 0.15) is 6.61 Å². The summed E-state index contributed by atoms with van der Waals surface area (Å²) in [5.41, 5.74) is 7.65. The van der Waals surface area contributed by atoms with E-state index in [0.29, 0.717) is 18.2 Å². The summed E-state index contributed by atoms with van der Waals surface area (Å²) in [5, 5.41) is 4.35. The van der Waals surface area contributed by atoms with Gasteiger partial charge >= 0.3 is 0 Å². The van der Waals surface area contributed by atoms with E-state index in [1.165, 1.54) is 0 Å². The first-order valence-electron chi connectivity index (χ1n) is 8.09. The Hall–Kier alpha value is -2.89. The maximum absolute atomic E-state index is 5.93. The molecule has 0 unspecified atom stereocenters. The number of para-hydroxylation sites is 1. The molecule has 6 nitrogen and oxygen atoms in total. The molecule has 0 amide bonds. The number of benzene rings is 1. The number of anilines is 2. The van der Waals surface area contributed by atoms with Crippen molar-refractivity contribution in [2.24, 2.45) is 0 Å². The first-order chi connectivity index (χ1) is 11.8. The lowest BCUT2D eigenvalue weighted by Gasteiger charge is -2.13. The molecule has 0 fully saturated rings. The maximum atomic E-state index is 5.93. The first kappa shape index (κ1) is 16.0. The van der Waals surface area contributed by atoms with Gasteiger partial charge < -0.3 is 15.8 Å². The van der Waals surface area contributed by atoms with E-state index in [2.05, 4.69) is 27.2 Å². The molecule has 2 aromatic heterocycles. The maximum Gasteiger partial charge on any atom is 0.222 e. The number of nitrogens with one attached hydrogen (secondary N) is 1. The molecule has 3 aromatic rings. The van der Waals surface area contributed by atoms with Gasteiger partial charge in [-0.05, 0) is 12.5 Å². The summed E-state index contributed by atoms with van der Waals surface area (Å²) in [4.78, 5) is 12.7. The standard InChI is InChI=1S/C18H21N5O/c1-2-3-9-21-17-15(11-22-18(19)23-17)24-12-14-7-4-6-13-8-5-10-20-16(13)14/h4-8,10-11H,2-3,9,12H2,1H3,(H3,19,21,22,23). The predicted molar refractivity (Wildman–Crippen MR) is 95.9 cm³/mol. The third kappa shape index (κ3) is 3.71. The molecule has 0 spiro atoms. The van der Waals surface area contributed by atoms with Crippen LogP contribution in [0.15, 0.2) is 42.7 Å². The highest BCUT2D eigenvalue weighted by Gasteiger charge is 2.09. The molecule has 2 heterocycles. The van der Waals surface area contributed by atoms with Gasteiger partial charge in [-0.15, -0.1) is 0 Å². The number of fused-ring (bicyclic) bond motifs is 1. The van der Waals surface area contributed by atoms with Crippen LogP contribution in [-0.4, -0.2) is 21.5 Å². The zero-order chi connectivity index (χ0) is 16.8. The highest BCUT2D eigenvalue weighted by atomic mass is 16.5. The van der Waals surface area contributed by atoms with Crippen molar-refractivity contribution in [3.63, 3.8) is 0 Å². The molecule has 0 radical (unpaired) electrons. The molecule has 0 bridgehead atoms. The number of nitrogen functional groups attached to an aromatic ring is 1. The second kappa shape index (κ2) is 7.59. The van der Waals surface area contributed by atoms with Crippen LogP contribution in [0.3, 0.4) is 0 Å². The number of hydrogen-bond donors (Lipinski definition) is 2. The van der Waals surface area contributed by atoms with Gasteiger partial charge in [-0.25, -0.2) is 4.98 Å². The van der Waals surface area contributed by atoms with Crippen molar-refractivity contribution >= 4 is 22.7 Å². The third-order valence-corrected chi connectivity index (χ3v) is 3.70. The minimum atomic E-state index is 0.230. The van der Waals surface area contributed by atoms with E-state index in [0.717, 1.165) is 35.9 Å². The smallest absolute Gasteiger partial charge is 0.222 e. The van der Waals surface area contributed by atoms with Gasteiger partial charge in [0.25, 0.3) is 0 Å². The van der Waals surface area contributed by atoms with Crippen LogP contribution in [-0.2, 0) is 6.61 Å². The van der Waals surface area contributed by atoms with Crippen LogP contribution in [0.25, 0.3) is 10.9 Å². The first-order valence-corrected chi connectivity index (χ1v) is 8.09. The summed E-state index contributed by atoms with van der Waals surface area (Å²) < 4.78 is 5.93. The topological polar surface area (TPSA) is 86.0 Å². The average molecular weight is 323 g/mol. The number of ether oxygens (including phenoxy) is 1. The molecule has 24 heavy (non-hydrogen) atoms. The van der Waals surface area contributed by atoms with Crippen LogP contribution < -0.4 is 15.8 Å². The summed E-state index contributed by atoms with van der Waals surface area (Å²) in [6.07, 6.45) is 5.55. The molecular weight excluding hydrogens is 302 g/mol. The molecule has 0 saturated carbocycles. The third-order valence-electron chi connectivity index (χ3n) is 3.70. The fourth-order valence-electron chi connectivity index (χ4n) is 2.44. The molecule has 0 aliphatic heterocycles. The Balaban J connectivity index is 1.78. The van der Waals surface area contributed by atoms with E-state index in [1.807, 2.05) is 30.3 Å². The Morgan fingerprint density at radius 2 is 2.04 bits per heavy atom. The van der Waals surface area contributed by atoms with Crippen molar-refractivity contribution in [3.8, 4) is 5.75 Å². The van der Waals surface area contributed by atoms with Crippen molar-refractivity contribution in [3.05, 3.63) is 48.3 Å². The van der Waals surface area contributed by atoms with Gasteiger partial charge in [0, 0.05) is 23.7 Å². The Labute approximate surface area is 141 Å². The number of pyridine rings is 1. The van der Waals surface area contributed by atoms with E-state index in [9.17, 15) is 0 Å². The van der Waals surface area contributed by atoms with E-state index in [4.69, 9.17) is 10.5 Å². The fourth-order valence-corrected chi connectivity index (χ4v) is 2.44. The van der Waals surface area contributed by atoms with E-state index in [1.54, 1.807) is 12.4 Å². The monoisotopic (exact) mass is 323 g/mol. The zero-order valence-corrected chi connectivity index (χ0v) is 13.7. The molecule has 3 rings (SSSR count). The highest BCUT2D eigenvalue weighted by molar-refractivity contribution is 5.81. The Morgan fingerprint density at radius 1 is 1.17 bits per heavy atom. The van der Waals surface area contributed by atoms with Crippen LogP contribution in [0.1, 0.15) is 25.3 Å². The lowest BCUT2D eigenvalue weighted by molar-refractivity contribution is 0.306. The minimum absolute atomic E-state index is 0.230. The summed E-state index contributed by atoms with van der Waals surface area (Å²) in [7, 11) is 0. The highest BCUT2D eigenvalue weighted by Crippen LogP contribution is 2.24. The number of nitrogens with zero attached hydrogens (tertiary/aromatic N) is 3. The molecule has 0 aliphatic rings. The van der Waals surface area contributed by atoms with Gasteiger partial charge in [-0.3, -0.25) is 4.98 Å². The van der Waals surface area contributed by atoms with E-state index < -0.39 is 0 Å². The van der Waals surface area contributed by atoms with Gasteiger partial charge in [-0.1, -0.05) is 37.6 Å². The lowest BCUT2D eigenvalue weighted by atomic mass is 10.1. The summed E-state index contributed by atoms with van der Waals surface area (Å²) >= 11 is 0. The van der Waals surface area contributed by atoms with Crippen LogP contribution in [0.2, 0.25) is 0 Å². The number of aromatic nitrogens is 3. The minimum Gasteiger partial charge on any atom is -0.483 e. The normalized spacial score (nSPS) is 10.7. The molecule has 124 valence electrons. The average Bonchev–Trinajstić information content (AvgIpc) is 2.61. The number of unbranched alkanes of at least 4 members (excludes halogenated alkanes) is 1. The van der Waals surface area contributed by atoms with Crippen molar-refractivity contribution in [2.45, 2.75) is 26.4 Å². The Bertz CT molecular complexity index is 816. The fraction of sp³-hybridized carbons (Fsp3) is 0.278. The lowest BCUT2D eigenvalue weighted by Crippen LogP contribution is -2.08. The van der Waals surface area contributed by atoms with Gasteiger partial charge in [0.15, 0.2) is 11.6 Å². The zero-order valence-electron chi connectivity index (χ0n) is 13.7. The molecule has 0 aliphatic carbocycles. The van der Waals surface area contributed by atoms with E-state index >= 15 is 0 Å². The van der Waals surface area contributed by atoms with Crippen LogP contribution >= 0.6 is 0 Å². The number of rotatable bonds is 7. The van der Waals surface area contributed by atoms with Crippen LogP contribution in [0, 0.1) is 0 Å². The predicted octanol–water partition coefficient (Wildman–Crippen LogP) is 3.40. The number of nitrogens with two attached hydrogens (primary N) is 1. The summed E-state index contributed by atoms with van der Waals surface area (Å²) in [6, 6.07) is 10.0. The molecular formula is C18H21N5O. The van der Waals surface area contributed by atoms with Crippen LogP contribution in [0.4, 0.5) is 11.8 Å².